The molecule has 0 heterocycles. The maximum absolute atomic E-state index is 12.9. The molecule has 0 aliphatic carbocycles. The molecule has 0 saturated carbocycles. The summed E-state index contributed by atoms with van der Waals surface area (Å²) in [5.41, 5.74) is 1.74. The number of phosphoric ester groups is 1. The normalized spacial score (nSPS) is 12.5. The Morgan fingerprint density at radius 1 is 0.846 bits per heavy atom. The number of hydrogen-bond donors (Lipinski definition) is 0. The molecule has 0 radical (unpaired) electrons. The maximum Gasteiger partial charge on any atom is 1.00 e. The zero-order valence-corrected chi connectivity index (χ0v) is 17.1. The summed E-state index contributed by atoms with van der Waals surface area (Å²) in [5.74, 6) is -0.297. The van der Waals surface area contributed by atoms with Crippen LogP contribution in [0.3, 0.4) is 0 Å². The molecule has 0 aromatic heterocycles. The van der Waals surface area contributed by atoms with Gasteiger partial charge in [0.25, 0.3) is 0 Å². The van der Waals surface area contributed by atoms with Gasteiger partial charge in [0.15, 0.2) is 0 Å². The predicted octanol–water partition coefficient (Wildman–Crippen LogP) is 1.35. The quantitative estimate of drug-likeness (QED) is 0.479. The van der Waals surface area contributed by atoms with Gasteiger partial charge in [0, 0.05) is 6.42 Å². The fraction of sp³-hybridized carbons (Fsp3) is 0.0526. The summed E-state index contributed by atoms with van der Waals surface area (Å²) in [6, 6.07) is 21.1. The van der Waals surface area contributed by atoms with Gasteiger partial charge in [-0.1, -0.05) is 48.5 Å². The Balaban J connectivity index is 0.00000243. The second-order valence-electron chi connectivity index (χ2n) is 5.35. The van der Waals surface area contributed by atoms with Crippen molar-refractivity contribution in [2.75, 3.05) is 0 Å². The minimum absolute atomic E-state index is 0. The van der Waals surface area contributed by atoms with Gasteiger partial charge in [-0.15, -0.1) is 0 Å². The van der Waals surface area contributed by atoms with Crippen LogP contribution in [0.25, 0.3) is 0 Å². The summed E-state index contributed by atoms with van der Waals surface area (Å²) in [6.07, 6.45) is 0.521. The van der Waals surface area contributed by atoms with E-state index in [1.165, 1.54) is 12.1 Å². The molecule has 0 bridgehead atoms. The van der Waals surface area contributed by atoms with E-state index in [-0.39, 0.29) is 41.1 Å². The van der Waals surface area contributed by atoms with Gasteiger partial charge in [-0.2, -0.15) is 0 Å². The Hall–Kier alpha value is -1.62. The smallest absolute Gasteiger partial charge is 0.736 e. The number of phosphoric acid groups is 1. The first-order valence-electron chi connectivity index (χ1n) is 7.59. The molecule has 4 nitrogen and oxygen atoms in total. The van der Waals surface area contributed by atoms with Gasteiger partial charge < -0.3 is 13.9 Å². The van der Waals surface area contributed by atoms with Crippen LogP contribution in [0.15, 0.2) is 78.9 Å². The van der Waals surface area contributed by atoms with E-state index in [4.69, 9.17) is 9.05 Å². The molecule has 1 unspecified atom stereocenters. The van der Waals surface area contributed by atoms with Crippen LogP contribution in [0, 0.1) is 5.82 Å². The van der Waals surface area contributed by atoms with Crippen LogP contribution in [-0.4, -0.2) is 0 Å². The fourth-order valence-electron chi connectivity index (χ4n) is 2.32. The van der Waals surface area contributed by atoms with Gasteiger partial charge in [-0.05, 0) is 41.5 Å². The Kier molecular flexibility index (Phi) is 7.44. The second kappa shape index (κ2) is 9.36. The van der Waals surface area contributed by atoms with Crippen molar-refractivity contribution in [1.82, 2.24) is 0 Å². The molecule has 26 heavy (non-hydrogen) atoms. The molecule has 0 saturated heterocycles. The molecule has 3 aromatic rings. The summed E-state index contributed by atoms with van der Waals surface area (Å²) in [6.45, 7) is 0. The fourth-order valence-corrected chi connectivity index (χ4v) is 3.15. The standard InChI is InChI=1S/C19H16FO4P.Na/c20-17-10-12-18(13-11-17)23-25(21,22)24-19-9-5-4-8-16(19)14-15-6-2-1-3-7-15;/h1-13H,14H2,(H,21,22);/q;+1/p-1. The van der Waals surface area contributed by atoms with E-state index in [2.05, 4.69) is 0 Å². The monoisotopic (exact) mass is 380 g/mol. The van der Waals surface area contributed by atoms with E-state index in [1.54, 1.807) is 18.2 Å². The zero-order valence-electron chi connectivity index (χ0n) is 14.2. The molecule has 0 aliphatic heterocycles. The van der Waals surface area contributed by atoms with Crippen LogP contribution in [0.1, 0.15) is 11.1 Å². The largest absolute Gasteiger partial charge is 1.00 e. The van der Waals surface area contributed by atoms with Gasteiger partial charge >= 0.3 is 37.4 Å². The molecular formula is C19H15FNaO4P. The van der Waals surface area contributed by atoms with Gasteiger partial charge in [-0.25, -0.2) is 8.96 Å². The molecule has 0 N–H and O–H groups in total. The van der Waals surface area contributed by atoms with Gasteiger partial charge in [0.1, 0.15) is 17.3 Å². The first-order valence-corrected chi connectivity index (χ1v) is 9.05. The second-order valence-corrected chi connectivity index (χ2v) is 6.61. The molecule has 0 spiro atoms. The van der Waals surface area contributed by atoms with E-state index in [0.29, 0.717) is 12.0 Å². The number of hydrogen-bond acceptors (Lipinski definition) is 4. The number of rotatable bonds is 6. The van der Waals surface area contributed by atoms with Crippen LogP contribution in [-0.2, 0) is 11.0 Å². The SMILES string of the molecule is O=P([O-])(Oc1ccc(F)cc1)Oc1ccccc1Cc1ccccc1.[Na+]. The third-order valence-electron chi connectivity index (χ3n) is 3.45. The maximum atomic E-state index is 12.9. The van der Waals surface area contributed by atoms with Gasteiger partial charge in [-0.3, -0.25) is 0 Å². The van der Waals surface area contributed by atoms with Crippen molar-refractivity contribution in [2.24, 2.45) is 0 Å². The number of para-hydroxylation sites is 1. The third kappa shape index (κ3) is 5.97. The summed E-state index contributed by atoms with van der Waals surface area (Å²) in [4.78, 5) is 12.1. The Morgan fingerprint density at radius 3 is 2.15 bits per heavy atom. The minimum atomic E-state index is -4.66. The molecule has 0 fully saturated rings. The van der Waals surface area contributed by atoms with Crippen molar-refractivity contribution in [3.63, 3.8) is 0 Å². The van der Waals surface area contributed by atoms with Crippen LogP contribution in [0.5, 0.6) is 11.5 Å². The van der Waals surface area contributed by atoms with Crippen LogP contribution in [0.4, 0.5) is 4.39 Å². The van der Waals surface area contributed by atoms with Crippen molar-refractivity contribution in [3.05, 3.63) is 95.8 Å². The van der Waals surface area contributed by atoms with E-state index in [1.807, 2.05) is 36.4 Å². The molecule has 1 atom stereocenters. The Bertz CT molecular complexity index is 888. The van der Waals surface area contributed by atoms with E-state index in [0.717, 1.165) is 17.7 Å². The molecule has 7 heteroatoms. The first-order chi connectivity index (χ1) is 12.0. The summed E-state index contributed by atoms with van der Waals surface area (Å²) >= 11 is 0. The Morgan fingerprint density at radius 2 is 1.46 bits per heavy atom. The van der Waals surface area contributed by atoms with Crippen molar-refractivity contribution in [2.45, 2.75) is 6.42 Å². The minimum Gasteiger partial charge on any atom is -0.736 e. The Labute approximate surface area is 173 Å². The summed E-state index contributed by atoms with van der Waals surface area (Å²) < 4.78 is 35.0. The van der Waals surface area contributed by atoms with Crippen molar-refractivity contribution >= 4 is 7.82 Å². The molecule has 128 valence electrons. The molecule has 3 rings (SSSR count). The van der Waals surface area contributed by atoms with E-state index in [9.17, 15) is 13.8 Å². The topological polar surface area (TPSA) is 58.6 Å². The predicted molar refractivity (Wildman–Crippen MR) is 91.0 cm³/mol. The van der Waals surface area contributed by atoms with E-state index >= 15 is 0 Å². The summed E-state index contributed by atoms with van der Waals surface area (Å²) in [7, 11) is -4.66. The van der Waals surface area contributed by atoms with Crippen LogP contribution >= 0.6 is 7.82 Å². The number of benzene rings is 3. The average molecular weight is 380 g/mol. The van der Waals surface area contributed by atoms with Crippen molar-refractivity contribution in [3.8, 4) is 11.5 Å². The van der Waals surface area contributed by atoms with Crippen molar-refractivity contribution in [1.29, 1.82) is 0 Å². The summed E-state index contributed by atoms with van der Waals surface area (Å²) in [5, 5.41) is 0. The third-order valence-corrected chi connectivity index (χ3v) is 4.31. The van der Waals surface area contributed by atoms with Crippen LogP contribution in [0.2, 0.25) is 0 Å². The molecular weight excluding hydrogens is 365 g/mol. The van der Waals surface area contributed by atoms with E-state index < -0.39 is 13.6 Å². The van der Waals surface area contributed by atoms with Gasteiger partial charge in [0.2, 0.25) is 0 Å². The average Bonchev–Trinajstić information content (AvgIpc) is 2.59. The number of halogens is 1. The van der Waals surface area contributed by atoms with Gasteiger partial charge in [0.05, 0.1) is 0 Å². The zero-order chi connectivity index (χ0) is 17.7. The molecule has 0 aliphatic rings. The first kappa shape index (κ1) is 20.7. The van der Waals surface area contributed by atoms with Crippen molar-refractivity contribution < 1.29 is 52.5 Å². The molecule has 3 aromatic carbocycles. The van der Waals surface area contributed by atoms with Crippen LogP contribution < -0.4 is 43.5 Å². The molecule has 0 amide bonds.